The molecular weight excluding hydrogens is 650 g/mol. The van der Waals surface area contributed by atoms with Gasteiger partial charge in [-0.3, -0.25) is 14.4 Å². The first-order chi connectivity index (χ1) is 24.3. The number of hydrogen-bond acceptors (Lipinski definition) is 9. The molecule has 0 radical (unpaired) electrons. The second-order valence-electron chi connectivity index (χ2n) is 17.5. The molecule has 7 rings (SSSR count). The van der Waals surface area contributed by atoms with Crippen LogP contribution in [-0.4, -0.2) is 48.7 Å². The highest BCUT2D eigenvalue weighted by Gasteiger charge is 2.69. The monoisotopic (exact) mass is 709 g/mol. The minimum absolute atomic E-state index is 0.0466. The van der Waals surface area contributed by atoms with Gasteiger partial charge in [0.1, 0.15) is 12.2 Å². The van der Waals surface area contributed by atoms with E-state index in [4.69, 9.17) is 29.0 Å². The molecule has 1 aromatic carbocycles. The van der Waals surface area contributed by atoms with Gasteiger partial charge in [0.15, 0.2) is 0 Å². The number of nitrogens with one attached hydrogen (secondary N) is 1. The molecular formula is C41H59NO9. The molecule has 1 aromatic rings. The summed E-state index contributed by atoms with van der Waals surface area (Å²) >= 11 is 0. The summed E-state index contributed by atoms with van der Waals surface area (Å²) in [7, 11) is 1.68. The fourth-order valence-corrected chi connectivity index (χ4v) is 12.2. The topological polar surface area (TPSA) is 119 Å². The van der Waals surface area contributed by atoms with Crippen molar-refractivity contribution < 1.29 is 43.4 Å². The molecule has 1 aliphatic heterocycles. The Balaban J connectivity index is 1.10. The van der Waals surface area contributed by atoms with E-state index in [0.717, 1.165) is 38.5 Å². The van der Waals surface area contributed by atoms with Gasteiger partial charge in [0.25, 0.3) is 0 Å². The Morgan fingerprint density at radius 1 is 0.843 bits per heavy atom. The lowest BCUT2D eigenvalue weighted by Gasteiger charge is -2.65. The van der Waals surface area contributed by atoms with E-state index in [0.29, 0.717) is 50.9 Å². The van der Waals surface area contributed by atoms with Gasteiger partial charge in [-0.05, 0) is 97.9 Å². The number of benzene rings is 1. The van der Waals surface area contributed by atoms with Crippen LogP contribution < -0.4 is 5.32 Å². The van der Waals surface area contributed by atoms with Crippen LogP contribution in [0.4, 0.5) is 0 Å². The van der Waals surface area contributed by atoms with E-state index in [9.17, 15) is 14.4 Å². The Kier molecular flexibility index (Phi) is 10.1. The fraction of sp³-hybridized carbons (Fsp3) is 0.780. The van der Waals surface area contributed by atoms with E-state index in [1.54, 1.807) is 7.05 Å². The van der Waals surface area contributed by atoms with Crippen LogP contribution in [0.25, 0.3) is 0 Å². The maximum atomic E-state index is 12.7. The minimum Gasteiger partial charge on any atom is -0.462 e. The first-order valence-electron chi connectivity index (χ1n) is 19.6. The Morgan fingerprint density at radius 2 is 1.51 bits per heavy atom. The molecule has 6 aliphatic rings. The SMILES string of the molecule is CNC(=O)CCC(C)[C@H]1CCC2C3C(C[C@H](OC(C)=O)[C@@]21C)[C@@]1(C)CCC2(C[C@H]1C[C@H]3OC(C)=O)OOC1(CCC(c3ccccc3)CC1)OO2. The van der Waals surface area contributed by atoms with Crippen molar-refractivity contribution in [2.75, 3.05) is 7.05 Å². The molecule has 10 heteroatoms. The van der Waals surface area contributed by atoms with Crippen molar-refractivity contribution in [1.82, 2.24) is 5.32 Å². The molecule has 5 aliphatic carbocycles. The highest BCUT2D eigenvalue weighted by atomic mass is 17.4. The predicted molar refractivity (Wildman–Crippen MR) is 187 cm³/mol. The average Bonchev–Trinajstić information content (AvgIpc) is 3.48. The lowest BCUT2D eigenvalue weighted by atomic mass is 9.42. The zero-order valence-electron chi connectivity index (χ0n) is 31.4. The summed E-state index contributed by atoms with van der Waals surface area (Å²) in [4.78, 5) is 62.6. The maximum absolute atomic E-state index is 12.7. The molecule has 2 spiro atoms. The van der Waals surface area contributed by atoms with Gasteiger partial charge in [-0.1, -0.05) is 51.1 Å². The number of rotatable bonds is 7. The third-order valence-electron chi connectivity index (χ3n) is 14.9. The quantitative estimate of drug-likeness (QED) is 0.226. The first-order valence-corrected chi connectivity index (χ1v) is 19.6. The molecule has 4 unspecified atom stereocenters. The predicted octanol–water partition coefficient (Wildman–Crippen LogP) is 7.55. The molecule has 10 atom stereocenters. The fourth-order valence-electron chi connectivity index (χ4n) is 12.2. The smallest absolute Gasteiger partial charge is 0.302 e. The number of carbonyl (C=O) groups excluding carboxylic acids is 3. The minimum atomic E-state index is -1.03. The van der Waals surface area contributed by atoms with Crippen molar-refractivity contribution in [3.8, 4) is 0 Å². The van der Waals surface area contributed by atoms with Gasteiger partial charge in [-0.2, -0.15) is 19.6 Å². The molecule has 1 heterocycles. The molecule has 1 saturated heterocycles. The molecule has 6 fully saturated rings. The van der Waals surface area contributed by atoms with Gasteiger partial charge in [0.2, 0.25) is 17.5 Å². The van der Waals surface area contributed by atoms with Gasteiger partial charge >= 0.3 is 11.9 Å². The normalized spacial score (nSPS) is 43.7. The number of esters is 2. The third kappa shape index (κ3) is 6.65. The molecule has 1 amide bonds. The molecule has 0 bridgehead atoms. The molecule has 10 nitrogen and oxygen atoms in total. The number of amides is 1. The summed E-state index contributed by atoms with van der Waals surface area (Å²) in [5, 5.41) is 2.76. The van der Waals surface area contributed by atoms with E-state index in [1.807, 2.05) is 6.07 Å². The highest BCUT2D eigenvalue weighted by Crippen LogP contribution is 2.70. The lowest BCUT2D eigenvalue weighted by Crippen LogP contribution is -2.65. The first kappa shape index (κ1) is 36.8. The number of carbonyl (C=O) groups is 3. The van der Waals surface area contributed by atoms with Crippen molar-refractivity contribution in [3.05, 3.63) is 35.9 Å². The third-order valence-corrected chi connectivity index (χ3v) is 14.9. The van der Waals surface area contributed by atoms with E-state index in [1.165, 1.54) is 19.4 Å². The Bertz CT molecular complexity index is 1430. The summed E-state index contributed by atoms with van der Waals surface area (Å²) in [6, 6.07) is 10.6. The zero-order chi connectivity index (χ0) is 36.2. The number of fused-ring (bicyclic) bond motifs is 5. The van der Waals surface area contributed by atoms with Crippen molar-refractivity contribution >= 4 is 17.8 Å². The van der Waals surface area contributed by atoms with E-state index in [2.05, 4.69) is 50.4 Å². The average molecular weight is 710 g/mol. The van der Waals surface area contributed by atoms with Gasteiger partial charge < -0.3 is 14.8 Å². The summed E-state index contributed by atoms with van der Waals surface area (Å²) in [6.07, 6.45) is 9.34. The Labute approximate surface area is 303 Å². The standard InChI is InChI=1S/C41H59NO9/c1-25(12-15-36(45)42-6)31-13-14-32-37-33(23-35(39(31,32)5)47-27(3)44)38(4)20-21-41(24-30(38)22-34(37)46-26(2)43)50-48-40(49-51-41)18-16-29(17-19-40)28-10-8-7-9-11-28/h7-11,25,29-35,37H,12-24H2,1-6H3,(H,42,45)/t25?,29?,30-,31-,32?,33?,34-,35+,37?,38+,39-,40?,41?/m1/s1. The molecule has 282 valence electrons. The van der Waals surface area contributed by atoms with E-state index >= 15 is 0 Å². The molecule has 51 heavy (non-hydrogen) atoms. The maximum Gasteiger partial charge on any atom is 0.302 e. The summed E-state index contributed by atoms with van der Waals surface area (Å²) in [5.74, 6) is -0.772. The van der Waals surface area contributed by atoms with E-state index in [-0.39, 0.29) is 76.4 Å². The largest absolute Gasteiger partial charge is 0.462 e. The molecule has 0 aromatic heterocycles. The number of ether oxygens (including phenoxy) is 2. The van der Waals surface area contributed by atoms with Crippen molar-refractivity contribution in [2.24, 2.45) is 46.3 Å². The van der Waals surface area contributed by atoms with Crippen LogP contribution in [0.3, 0.4) is 0 Å². The summed E-state index contributed by atoms with van der Waals surface area (Å²) in [6.45, 7) is 9.96. The van der Waals surface area contributed by atoms with Crippen LogP contribution in [0, 0.1) is 46.3 Å². The molecule has 5 saturated carbocycles. The number of hydrogen-bond donors (Lipinski definition) is 1. The van der Waals surface area contributed by atoms with Crippen LogP contribution in [0.15, 0.2) is 30.3 Å². The van der Waals surface area contributed by atoms with Crippen molar-refractivity contribution in [2.45, 2.75) is 148 Å². The van der Waals surface area contributed by atoms with Gasteiger partial charge in [0, 0.05) is 64.3 Å². The van der Waals surface area contributed by atoms with Crippen LogP contribution in [0.2, 0.25) is 0 Å². The zero-order valence-corrected chi connectivity index (χ0v) is 31.4. The molecule has 1 N–H and O–H groups in total. The van der Waals surface area contributed by atoms with Gasteiger partial charge in [-0.25, -0.2) is 0 Å². The highest BCUT2D eigenvalue weighted by molar-refractivity contribution is 5.75. The van der Waals surface area contributed by atoms with Crippen molar-refractivity contribution in [3.63, 3.8) is 0 Å². The van der Waals surface area contributed by atoms with Gasteiger partial charge in [-0.15, -0.1) is 0 Å². The second kappa shape index (κ2) is 14.0. The Hall–Kier alpha value is -2.53. The second-order valence-corrected chi connectivity index (χ2v) is 17.5. The van der Waals surface area contributed by atoms with E-state index < -0.39 is 11.6 Å². The Morgan fingerprint density at radius 3 is 2.16 bits per heavy atom. The van der Waals surface area contributed by atoms with Crippen LogP contribution in [-0.2, 0) is 43.4 Å². The lowest BCUT2D eigenvalue weighted by molar-refractivity contribution is -0.665. The van der Waals surface area contributed by atoms with Crippen LogP contribution >= 0.6 is 0 Å². The summed E-state index contributed by atoms with van der Waals surface area (Å²) in [5.41, 5.74) is 0.927. The summed E-state index contributed by atoms with van der Waals surface area (Å²) < 4.78 is 12.6. The van der Waals surface area contributed by atoms with Gasteiger partial charge in [0.05, 0.1) is 0 Å². The van der Waals surface area contributed by atoms with Crippen molar-refractivity contribution in [1.29, 1.82) is 0 Å². The van der Waals surface area contributed by atoms with Crippen LogP contribution in [0.5, 0.6) is 0 Å². The van der Waals surface area contributed by atoms with Crippen LogP contribution in [0.1, 0.15) is 130 Å².